The molecule has 0 aliphatic carbocycles. The lowest BCUT2D eigenvalue weighted by molar-refractivity contribution is -0.683. The number of thiazole rings is 1. The standard InChI is InChI=1S/C38H57N2O2S/c1-6-7-8-9-10-11-12-13-14-15-16-17-26-42-37-22-21-33(29-36(37)38(3,4)5)23-24-40(32(2)41)35-20-18-19-34(28-35)30-39-25-27-43-31-39/h18-22,25,27-29,31H,6-17,23-24,26,30H2,1-5H3/q+1. The van der Waals surface area contributed by atoms with Crippen molar-refractivity contribution >= 4 is 22.9 Å². The second-order valence-electron chi connectivity index (χ2n) is 13.1. The zero-order valence-corrected chi connectivity index (χ0v) is 28.5. The van der Waals surface area contributed by atoms with Crippen LogP contribution in [0.3, 0.4) is 0 Å². The predicted octanol–water partition coefficient (Wildman–Crippen LogP) is 10.1. The number of benzene rings is 2. The zero-order valence-electron chi connectivity index (χ0n) is 27.7. The van der Waals surface area contributed by atoms with Gasteiger partial charge in [-0.15, -0.1) is 0 Å². The van der Waals surface area contributed by atoms with E-state index in [4.69, 9.17) is 4.74 Å². The molecule has 0 atom stereocenters. The molecule has 0 saturated heterocycles. The Morgan fingerprint density at radius 3 is 2.14 bits per heavy atom. The molecule has 0 radical (unpaired) electrons. The Hall–Kier alpha value is -2.66. The van der Waals surface area contributed by atoms with Gasteiger partial charge in [0.2, 0.25) is 11.4 Å². The first kappa shape index (κ1) is 34.8. The summed E-state index contributed by atoms with van der Waals surface area (Å²) < 4.78 is 8.50. The highest BCUT2D eigenvalue weighted by Gasteiger charge is 2.20. The zero-order chi connectivity index (χ0) is 30.9. The molecule has 0 aliphatic heterocycles. The van der Waals surface area contributed by atoms with Crippen molar-refractivity contribution in [3.8, 4) is 5.75 Å². The minimum atomic E-state index is -0.0181. The largest absolute Gasteiger partial charge is 0.493 e. The SMILES string of the molecule is CCCCCCCCCCCCCCOc1ccc(CCN(C(C)=O)c2cccc(C[n+]3ccsc3)c2)cc1C(C)(C)C. The molecule has 1 heterocycles. The van der Waals surface area contributed by atoms with Crippen LogP contribution in [0.1, 0.15) is 128 Å². The third-order valence-corrected chi connectivity index (χ3v) is 8.90. The number of nitrogens with zero attached hydrogens (tertiary/aromatic N) is 2. The van der Waals surface area contributed by atoms with Gasteiger partial charge < -0.3 is 9.64 Å². The first-order valence-corrected chi connectivity index (χ1v) is 17.8. The Bertz CT molecular complexity index is 1200. The normalized spacial score (nSPS) is 11.6. The van der Waals surface area contributed by atoms with Gasteiger partial charge in [-0.3, -0.25) is 4.79 Å². The number of carbonyl (C=O) groups excluding carboxylic acids is 1. The summed E-state index contributed by atoms with van der Waals surface area (Å²) in [4.78, 5) is 14.6. The Morgan fingerprint density at radius 2 is 1.53 bits per heavy atom. The minimum absolute atomic E-state index is 0.0181. The Labute approximate surface area is 266 Å². The molecule has 0 bridgehead atoms. The van der Waals surface area contributed by atoms with Gasteiger partial charge in [-0.1, -0.05) is 134 Å². The lowest BCUT2D eigenvalue weighted by atomic mass is 9.85. The summed E-state index contributed by atoms with van der Waals surface area (Å²) in [6.07, 6.45) is 19.1. The van der Waals surface area contributed by atoms with Crippen molar-refractivity contribution in [2.45, 2.75) is 130 Å². The van der Waals surface area contributed by atoms with Gasteiger partial charge >= 0.3 is 0 Å². The van der Waals surface area contributed by atoms with E-state index in [9.17, 15) is 4.79 Å². The summed E-state index contributed by atoms with van der Waals surface area (Å²) in [7, 11) is 0. The van der Waals surface area contributed by atoms with Crippen LogP contribution < -0.4 is 14.2 Å². The molecule has 236 valence electrons. The molecule has 3 rings (SSSR count). The highest BCUT2D eigenvalue weighted by atomic mass is 32.1. The number of ether oxygens (including phenoxy) is 1. The van der Waals surface area contributed by atoms with Crippen LogP contribution in [0.2, 0.25) is 0 Å². The number of unbranched alkanes of at least 4 members (excludes halogenated alkanes) is 11. The number of hydrogen-bond acceptors (Lipinski definition) is 3. The first-order chi connectivity index (χ1) is 20.8. The van der Waals surface area contributed by atoms with Crippen molar-refractivity contribution in [3.05, 3.63) is 76.2 Å². The second-order valence-corrected chi connectivity index (χ2v) is 13.9. The summed E-state index contributed by atoms with van der Waals surface area (Å²) in [5.41, 5.74) is 6.72. The highest BCUT2D eigenvalue weighted by Crippen LogP contribution is 2.33. The van der Waals surface area contributed by atoms with Crippen LogP contribution in [0.4, 0.5) is 5.69 Å². The van der Waals surface area contributed by atoms with Gasteiger partial charge in [0.05, 0.1) is 12.0 Å². The van der Waals surface area contributed by atoms with Crippen LogP contribution in [0.5, 0.6) is 5.75 Å². The smallest absolute Gasteiger partial charge is 0.224 e. The van der Waals surface area contributed by atoms with Crippen LogP contribution in [0.25, 0.3) is 0 Å². The van der Waals surface area contributed by atoms with Gasteiger partial charge in [-0.25, -0.2) is 0 Å². The van der Waals surface area contributed by atoms with E-state index >= 15 is 0 Å². The number of anilines is 1. The fourth-order valence-electron chi connectivity index (χ4n) is 5.66. The lowest BCUT2D eigenvalue weighted by Gasteiger charge is -2.25. The number of rotatable bonds is 20. The molecule has 0 N–H and O–H groups in total. The van der Waals surface area contributed by atoms with Gasteiger partial charge in [-0.05, 0) is 47.6 Å². The van der Waals surface area contributed by atoms with E-state index in [-0.39, 0.29) is 11.3 Å². The van der Waals surface area contributed by atoms with Gasteiger partial charge in [0, 0.05) is 24.7 Å². The fraction of sp³-hybridized carbons (Fsp3) is 0.579. The van der Waals surface area contributed by atoms with Crippen molar-refractivity contribution in [2.75, 3.05) is 18.1 Å². The fourth-order valence-corrected chi connectivity index (χ4v) is 6.26. The Balaban J connectivity index is 1.47. The molecule has 0 aliphatic rings. The summed E-state index contributed by atoms with van der Waals surface area (Å²) >= 11 is 1.69. The molecule has 4 nitrogen and oxygen atoms in total. The third-order valence-electron chi connectivity index (χ3n) is 8.23. The molecule has 3 aromatic rings. The second kappa shape index (κ2) is 18.9. The van der Waals surface area contributed by atoms with Crippen LogP contribution in [-0.2, 0) is 23.2 Å². The molecule has 1 amide bonds. The Morgan fingerprint density at radius 1 is 0.860 bits per heavy atom. The van der Waals surface area contributed by atoms with Crippen LogP contribution in [-0.4, -0.2) is 19.1 Å². The van der Waals surface area contributed by atoms with E-state index in [0.717, 1.165) is 37.4 Å². The molecule has 1 aromatic heterocycles. The van der Waals surface area contributed by atoms with Gasteiger partial charge in [0.1, 0.15) is 5.75 Å². The van der Waals surface area contributed by atoms with Crippen molar-refractivity contribution in [1.29, 1.82) is 0 Å². The number of aromatic nitrogens is 1. The average molecular weight is 606 g/mol. The van der Waals surface area contributed by atoms with Crippen LogP contribution in [0, 0.1) is 0 Å². The van der Waals surface area contributed by atoms with Crippen molar-refractivity contribution in [1.82, 2.24) is 0 Å². The summed E-state index contributed by atoms with van der Waals surface area (Å²) in [6, 6.07) is 15.0. The number of amides is 1. The average Bonchev–Trinajstić information content (AvgIpc) is 3.48. The van der Waals surface area contributed by atoms with E-state index in [0.29, 0.717) is 6.54 Å². The molecule has 0 saturated carbocycles. The molecule has 5 heteroatoms. The monoisotopic (exact) mass is 605 g/mol. The molecule has 0 spiro atoms. The quantitative estimate of drug-likeness (QED) is 0.0948. The van der Waals surface area contributed by atoms with E-state index in [2.05, 4.69) is 79.7 Å². The maximum absolute atomic E-state index is 12.7. The van der Waals surface area contributed by atoms with Crippen molar-refractivity contribution < 1.29 is 14.1 Å². The molecule has 43 heavy (non-hydrogen) atoms. The van der Waals surface area contributed by atoms with E-state index < -0.39 is 0 Å². The van der Waals surface area contributed by atoms with Crippen LogP contribution >= 0.6 is 11.3 Å². The molecular weight excluding hydrogens is 548 g/mol. The molecular formula is C38H57N2O2S+. The van der Waals surface area contributed by atoms with Crippen molar-refractivity contribution in [2.24, 2.45) is 0 Å². The maximum atomic E-state index is 12.7. The molecule has 0 fully saturated rings. The maximum Gasteiger partial charge on any atom is 0.224 e. The van der Waals surface area contributed by atoms with Gasteiger partial charge in [0.25, 0.3) is 0 Å². The Kier molecular flexibility index (Phi) is 15.3. The molecule has 2 aromatic carbocycles. The minimum Gasteiger partial charge on any atom is -0.493 e. The van der Waals surface area contributed by atoms with Crippen LogP contribution in [0.15, 0.2) is 59.6 Å². The summed E-state index contributed by atoms with van der Waals surface area (Å²) in [6.45, 7) is 12.9. The summed E-state index contributed by atoms with van der Waals surface area (Å²) in [5, 5.41) is 2.08. The van der Waals surface area contributed by atoms with E-state index in [1.165, 1.54) is 87.3 Å². The topological polar surface area (TPSA) is 33.4 Å². The first-order valence-electron chi connectivity index (χ1n) is 16.8. The third kappa shape index (κ3) is 12.8. The highest BCUT2D eigenvalue weighted by molar-refractivity contribution is 7.07. The van der Waals surface area contributed by atoms with Crippen molar-refractivity contribution in [3.63, 3.8) is 0 Å². The van der Waals surface area contributed by atoms with E-state index in [1.54, 1.807) is 18.3 Å². The van der Waals surface area contributed by atoms with Gasteiger partial charge in [-0.2, -0.15) is 4.57 Å². The number of carbonyl (C=O) groups is 1. The lowest BCUT2D eigenvalue weighted by Crippen LogP contribution is -2.32. The van der Waals surface area contributed by atoms with E-state index in [1.807, 2.05) is 17.0 Å². The molecule has 0 unspecified atom stereocenters. The predicted molar refractivity (Wildman–Crippen MR) is 184 cm³/mol. The summed E-state index contributed by atoms with van der Waals surface area (Å²) in [5.74, 6) is 1.07. The number of hydrogen-bond donors (Lipinski definition) is 0. The van der Waals surface area contributed by atoms with Gasteiger partial charge in [0.15, 0.2) is 12.7 Å².